The molecule has 0 bridgehead atoms. The number of halogens is 1. The summed E-state index contributed by atoms with van der Waals surface area (Å²) in [4.78, 5) is 27.6. The molecular weight excluding hydrogens is 286 g/mol. The van der Waals surface area contributed by atoms with Gasteiger partial charge >= 0.3 is 0 Å². The Labute approximate surface area is 108 Å². The lowest BCUT2D eigenvalue weighted by Crippen LogP contribution is -2.37. The van der Waals surface area contributed by atoms with Gasteiger partial charge in [0.1, 0.15) is 5.69 Å². The molecule has 0 aliphatic carbocycles. The number of carbonyl (C=O) groups excluding carboxylic acids is 2. The number of nitrogens with zero attached hydrogens (tertiary/aromatic N) is 1. The third kappa shape index (κ3) is 2.88. The van der Waals surface area contributed by atoms with Gasteiger partial charge in [0.15, 0.2) is 0 Å². The summed E-state index contributed by atoms with van der Waals surface area (Å²) in [6, 6.07) is 1.84. The highest BCUT2D eigenvalue weighted by Gasteiger charge is 2.27. The van der Waals surface area contributed by atoms with E-state index in [1.54, 1.807) is 17.2 Å². The maximum Gasteiger partial charge on any atom is 0.270 e. The van der Waals surface area contributed by atoms with Gasteiger partial charge in [0.05, 0.1) is 0 Å². The molecule has 0 aromatic carbocycles. The third-order valence-electron chi connectivity index (χ3n) is 2.76. The molecule has 1 atom stereocenters. The van der Waals surface area contributed by atoms with Crippen molar-refractivity contribution in [3.63, 3.8) is 0 Å². The predicted molar refractivity (Wildman–Crippen MR) is 66.6 cm³/mol. The van der Waals surface area contributed by atoms with Gasteiger partial charge in [-0.1, -0.05) is 0 Å². The minimum atomic E-state index is -0.0492. The summed E-state index contributed by atoms with van der Waals surface area (Å²) in [6.07, 6.45) is 2.54. The zero-order valence-electron chi connectivity index (χ0n) is 9.50. The summed E-state index contributed by atoms with van der Waals surface area (Å²) in [7, 11) is 0. The molecule has 2 N–H and O–H groups in total. The van der Waals surface area contributed by atoms with E-state index < -0.39 is 0 Å². The first-order valence-electron chi connectivity index (χ1n) is 5.46. The van der Waals surface area contributed by atoms with Gasteiger partial charge in [0.25, 0.3) is 5.91 Å². The van der Waals surface area contributed by atoms with E-state index in [4.69, 9.17) is 0 Å². The first kappa shape index (κ1) is 12.2. The number of carbonyl (C=O) groups is 2. The Morgan fingerprint density at radius 2 is 2.35 bits per heavy atom. The quantitative estimate of drug-likeness (QED) is 0.860. The molecule has 1 aromatic rings. The van der Waals surface area contributed by atoms with Crippen LogP contribution in [0.2, 0.25) is 0 Å². The average molecular weight is 300 g/mol. The number of amides is 2. The third-order valence-corrected chi connectivity index (χ3v) is 3.22. The van der Waals surface area contributed by atoms with Crippen LogP contribution in [0.4, 0.5) is 0 Å². The van der Waals surface area contributed by atoms with Gasteiger partial charge in [-0.05, 0) is 28.4 Å². The Kier molecular flexibility index (Phi) is 3.51. The Balaban J connectivity index is 1.96. The van der Waals surface area contributed by atoms with Crippen LogP contribution in [0.5, 0.6) is 0 Å². The fourth-order valence-corrected chi connectivity index (χ4v) is 2.36. The van der Waals surface area contributed by atoms with E-state index in [0.29, 0.717) is 18.8 Å². The maximum absolute atomic E-state index is 12.1. The summed E-state index contributed by atoms with van der Waals surface area (Å²) in [6.45, 7) is 2.75. The van der Waals surface area contributed by atoms with Crippen molar-refractivity contribution in [3.05, 3.63) is 22.4 Å². The van der Waals surface area contributed by atoms with Crippen molar-refractivity contribution in [1.29, 1.82) is 0 Å². The number of H-pyrrole nitrogens is 1. The number of likely N-dealkylation sites (tertiary alicyclic amines) is 1. The molecule has 1 saturated heterocycles. The predicted octanol–water partition coefficient (Wildman–Crippen LogP) is 1.13. The SMILES string of the molecule is CC(=O)NC1CCN(C(=O)c2cc(Br)c[nH]2)C1. The molecule has 6 heteroatoms. The fourth-order valence-electron chi connectivity index (χ4n) is 2.01. The second kappa shape index (κ2) is 4.91. The first-order chi connectivity index (χ1) is 8.06. The minimum absolute atomic E-state index is 0.0245. The van der Waals surface area contributed by atoms with Gasteiger partial charge in [-0.15, -0.1) is 0 Å². The maximum atomic E-state index is 12.1. The second-order valence-corrected chi connectivity index (χ2v) is 5.08. The summed E-state index contributed by atoms with van der Waals surface area (Å²) in [5.74, 6) is -0.0736. The van der Waals surface area contributed by atoms with Gasteiger partial charge in [-0.2, -0.15) is 0 Å². The molecular formula is C11H14BrN3O2. The number of aromatic nitrogens is 1. The van der Waals surface area contributed by atoms with Crippen LogP contribution in [0.25, 0.3) is 0 Å². The molecule has 1 aliphatic rings. The van der Waals surface area contributed by atoms with E-state index in [1.807, 2.05) is 0 Å². The monoisotopic (exact) mass is 299 g/mol. The Morgan fingerprint density at radius 3 is 2.94 bits per heavy atom. The van der Waals surface area contributed by atoms with Crippen molar-refractivity contribution in [2.24, 2.45) is 0 Å². The van der Waals surface area contributed by atoms with Crippen LogP contribution in [0.3, 0.4) is 0 Å². The summed E-state index contributed by atoms with van der Waals surface area (Å²) >= 11 is 3.29. The van der Waals surface area contributed by atoms with Crippen molar-refractivity contribution < 1.29 is 9.59 Å². The van der Waals surface area contributed by atoms with Crippen molar-refractivity contribution in [1.82, 2.24) is 15.2 Å². The van der Waals surface area contributed by atoms with Crippen LogP contribution in [0, 0.1) is 0 Å². The van der Waals surface area contributed by atoms with Crippen molar-refractivity contribution >= 4 is 27.7 Å². The van der Waals surface area contributed by atoms with E-state index >= 15 is 0 Å². The molecule has 1 fully saturated rings. The Morgan fingerprint density at radius 1 is 1.59 bits per heavy atom. The zero-order chi connectivity index (χ0) is 12.4. The topological polar surface area (TPSA) is 65.2 Å². The number of hydrogen-bond donors (Lipinski definition) is 2. The first-order valence-corrected chi connectivity index (χ1v) is 6.26. The van der Waals surface area contributed by atoms with Crippen LogP contribution in [-0.2, 0) is 4.79 Å². The lowest BCUT2D eigenvalue weighted by Gasteiger charge is -2.15. The molecule has 1 unspecified atom stereocenters. The highest BCUT2D eigenvalue weighted by molar-refractivity contribution is 9.10. The van der Waals surface area contributed by atoms with Gasteiger partial charge in [0, 0.05) is 36.7 Å². The molecule has 2 rings (SSSR count). The number of hydrogen-bond acceptors (Lipinski definition) is 2. The van der Waals surface area contributed by atoms with Crippen LogP contribution >= 0.6 is 15.9 Å². The summed E-state index contributed by atoms with van der Waals surface area (Å²) in [5.41, 5.74) is 0.570. The van der Waals surface area contributed by atoms with E-state index in [0.717, 1.165) is 10.9 Å². The molecule has 1 aliphatic heterocycles. The molecule has 0 radical (unpaired) electrons. The van der Waals surface area contributed by atoms with E-state index in [2.05, 4.69) is 26.2 Å². The van der Waals surface area contributed by atoms with E-state index in [1.165, 1.54) is 6.92 Å². The zero-order valence-corrected chi connectivity index (χ0v) is 11.1. The van der Waals surface area contributed by atoms with Crippen molar-refractivity contribution in [2.75, 3.05) is 13.1 Å². The summed E-state index contributed by atoms with van der Waals surface area (Å²) in [5, 5.41) is 2.83. The lowest BCUT2D eigenvalue weighted by atomic mass is 10.2. The van der Waals surface area contributed by atoms with Gasteiger partial charge in [-0.25, -0.2) is 0 Å². The smallest absolute Gasteiger partial charge is 0.270 e. The van der Waals surface area contributed by atoms with E-state index in [-0.39, 0.29) is 17.9 Å². The average Bonchev–Trinajstić information content (AvgIpc) is 2.85. The molecule has 0 saturated carbocycles. The van der Waals surface area contributed by atoms with Gasteiger partial charge in [-0.3, -0.25) is 9.59 Å². The van der Waals surface area contributed by atoms with Crippen LogP contribution < -0.4 is 5.32 Å². The molecule has 2 heterocycles. The van der Waals surface area contributed by atoms with Gasteiger partial charge in [0.2, 0.25) is 5.91 Å². The molecule has 2 amide bonds. The van der Waals surface area contributed by atoms with E-state index in [9.17, 15) is 9.59 Å². The molecule has 1 aromatic heterocycles. The van der Waals surface area contributed by atoms with Crippen molar-refractivity contribution in [3.8, 4) is 0 Å². The number of rotatable bonds is 2. The van der Waals surface area contributed by atoms with Crippen LogP contribution in [0.1, 0.15) is 23.8 Å². The summed E-state index contributed by atoms with van der Waals surface area (Å²) < 4.78 is 0.860. The highest BCUT2D eigenvalue weighted by Crippen LogP contribution is 2.16. The fraction of sp³-hybridized carbons (Fsp3) is 0.455. The normalized spacial score (nSPS) is 19.4. The number of nitrogens with one attached hydrogen (secondary N) is 2. The largest absolute Gasteiger partial charge is 0.356 e. The second-order valence-electron chi connectivity index (χ2n) is 4.17. The highest BCUT2D eigenvalue weighted by atomic mass is 79.9. The molecule has 5 nitrogen and oxygen atoms in total. The van der Waals surface area contributed by atoms with Crippen molar-refractivity contribution in [2.45, 2.75) is 19.4 Å². The van der Waals surface area contributed by atoms with Gasteiger partial charge < -0.3 is 15.2 Å². The minimum Gasteiger partial charge on any atom is -0.356 e. The molecule has 0 spiro atoms. The standard InChI is InChI=1S/C11H14BrN3O2/c1-7(16)14-9-2-3-15(6-9)11(17)10-4-8(12)5-13-10/h4-5,9,13H,2-3,6H2,1H3,(H,14,16). The van der Waals surface area contributed by atoms with Crippen LogP contribution in [0.15, 0.2) is 16.7 Å². The lowest BCUT2D eigenvalue weighted by molar-refractivity contribution is -0.119. The molecule has 92 valence electrons. The Hall–Kier alpha value is -1.30. The number of aromatic amines is 1. The Bertz CT molecular complexity index is 444. The molecule has 17 heavy (non-hydrogen) atoms. The van der Waals surface area contributed by atoms with Crippen LogP contribution in [-0.4, -0.2) is 40.8 Å².